The van der Waals surface area contributed by atoms with E-state index >= 15 is 0 Å². The fourth-order valence-electron chi connectivity index (χ4n) is 0.667. The third-order valence-corrected chi connectivity index (χ3v) is 2.32. The van der Waals surface area contributed by atoms with Gasteiger partial charge in [0.25, 0.3) is 0 Å². The summed E-state index contributed by atoms with van der Waals surface area (Å²) in [5.41, 5.74) is 6.38. The molecule has 0 aliphatic heterocycles. The average molecular weight is 284 g/mol. The molecule has 1 unspecified atom stereocenters. The van der Waals surface area contributed by atoms with Gasteiger partial charge in [-0.25, -0.2) is 4.98 Å². The van der Waals surface area contributed by atoms with E-state index in [2.05, 4.69) is 27.6 Å². The van der Waals surface area contributed by atoms with Crippen molar-refractivity contribution in [3.05, 3.63) is 11.1 Å². The molecule has 0 spiro atoms. The molecular weight excluding hydrogens is 275 g/mol. The van der Waals surface area contributed by atoms with Crippen LogP contribution in [0.5, 0.6) is 0 Å². The lowest BCUT2D eigenvalue weighted by molar-refractivity contribution is 0.110. The van der Waals surface area contributed by atoms with E-state index in [4.69, 9.17) is 10.5 Å². The highest BCUT2D eigenvalue weighted by Gasteiger charge is 2.07. The zero-order chi connectivity index (χ0) is 8.27. The number of alkyl halides is 1. The van der Waals surface area contributed by atoms with Crippen LogP contribution in [0.2, 0.25) is 0 Å². The molecular formula is C6H9IN2OS. The first-order valence-corrected chi connectivity index (χ1v) is 5.53. The monoisotopic (exact) mass is 284 g/mol. The molecule has 0 aliphatic rings. The van der Waals surface area contributed by atoms with Crippen molar-refractivity contribution in [2.75, 3.05) is 10.3 Å². The normalized spacial score (nSPS) is 13.3. The fraction of sp³-hybridized carbons (Fsp3) is 0.500. The van der Waals surface area contributed by atoms with E-state index in [1.807, 2.05) is 12.3 Å². The standard InChI is InChI=1S/C6H9IN2OS/c1-4(10-3-7)5-2-11-6(8)9-5/h2,4H,3H2,1H3,(H2,8,9). The molecule has 1 atom stereocenters. The van der Waals surface area contributed by atoms with E-state index in [1.54, 1.807) is 0 Å². The van der Waals surface area contributed by atoms with Gasteiger partial charge in [-0.05, 0) is 6.92 Å². The first-order chi connectivity index (χ1) is 5.24. The highest BCUT2D eigenvalue weighted by atomic mass is 127. The Bertz CT molecular complexity index is 228. The number of hydrogen-bond donors (Lipinski definition) is 1. The molecule has 1 aromatic rings. The predicted octanol–water partition coefficient (Wildman–Crippen LogP) is 2.20. The van der Waals surface area contributed by atoms with E-state index in [0.29, 0.717) is 9.75 Å². The largest absolute Gasteiger partial charge is 0.375 e. The molecule has 0 aromatic carbocycles. The van der Waals surface area contributed by atoms with Crippen molar-refractivity contribution < 1.29 is 4.74 Å². The lowest BCUT2D eigenvalue weighted by atomic mass is 10.3. The highest BCUT2D eigenvalue weighted by Crippen LogP contribution is 2.20. The minimum atomic E-state index is 0.0560. The molecule has 1 aromatic heterocycles. The molecule has 0 amide bonds. The van der Waals surface area contributed by atoms with Gasteiger partial charge >= 0.3 is 0 Å². The second kappa shape index (κ2) is 4.22. The maximum Gasteiger partial charge on any atom is 0.180 e. The number of nitrogen functional groups attached to an aromatic ring is 1. The van der Waals surface area contributed by atoms with Gasteiger partial charge in [-0.3, -0.25) is 0 Å². The van der Waals surface area contributed by atoms with Crippen molar-refractivity contribution in [2.24, 2.45) is 0 Å². The van der Waals surface area contributed by atoms with Crippen LogP contribution in [-0.4, -0.2) is 9.60 Å². The maximum absolute atomic E-state index is 5.46. The van der Waals surface area contributed by atoms with E-state index in [-0.39, 0.29) is 6.10 Å². The SMILES string of the molecule is CC(OCI)c1csc(N)n1. The summed E-state index contributed by atoms with van der Waals surface area (Å²) in [6, 6.07) is 0. The summed E-state index contributed by atoms with van der Waals surface area (Å²) in [5.74, 6) is 0. The van der Waals surface area contributed by atoms with Crippen molar-refractivity contribution in [1.82, 2.24) is 4.98 Å². The van der Waals surface area contributed by atoms with Gasteiger partial charge in [-0.1, -0.05) is 22.6 Å². The van der Waals surface area contributed by atoms with Gasteiger partial charge in [0.05, 0.1) is 16.4 Å². The van der Waals surface area contributed by atoms with Crippen LogP contribution in [0.4, 0.5) is 5.13 Å². The summed E-state index contributed by atoms with van der Waals surface area (Å²) in [6.07, 6.45) is 0.0560. The summed E-state index contributed by atoms with van der Waals surface area (Å²) in [5, 5.41) is 2.52. The van der Waals surface area contributed by atoms with Crippen LogP contribution in [0, 0.1) is 0 Å². The summed E-state index contributed by atoms with van der Waals surface area (Å²) < 4.78 is 5.99. The zero-order valence-electron chi connectivity index (χ0n) is 6.08. The minimum absolute atomic E-state index is 0.0560. The Kier molecular flexibility index (Phi) is 3.53. The van der Waals surface area contributed by atoms with Gasteiger partial charge in [0.15, 0.2) is 5.13 Å². The van der Waals surface area contributed by atoms with Crippen molar-refractivity contribution in [3.8, 4) is 0 Å². The fourth-order valence-corrected chi connectivity index (χ4v) is 1.85. The van der Waals surface area contributed by atoms with Crippen molar-refractivity contribution >= 4 is 39.1 Å². The number of thiazole rings is 1. The number of nitrogens with two attached hydrogens (primary N) is 1. The van der Waals surface area contributed by atoms with Crippen molar-refractivity contribution in [1.29, 1.82) is 0 Å². The van der Waals surface area contributed by atoms with Crippen molar-refractivity contribution in [3.63, 3.8) is 0 Å². The Morgan fingerprint density at radius 1 is 1.91 bits per heavy atom. The number of ether oxygens (including phenoxy) is 1. The summed E-state index contributed by atoms with van der Waals surface area (Å²) in [7, 11) is 0. The van der Waals surface area contributed by atoms with Crippen LogP contribution < -0.4 is 5.73 Å². The van der Waals surface area contributed by atoms with E-state index in [0.717, 1.165) is 5.69 Å². The maximum atomic E-state index is 5.46. The zero-order valence-corrected chi connectivity index (χ0v) is 9.05. The van der Waals surface area contributed by atoms with Crippen LogP contribution >= 0.6 is 33.9 Å². The molecule has 1 heterocycles. The van der Waals surface area contributed by atoms with Gasteiger partial charge in [0.2, 0.25) is 0 Å². The molecule has 0 saturated heterocycles. The molecule has 11 heavy (non-hydrogen) atoms. The molecule has 0 aliphatic carbocycles. The third-order valence-electron chi connectivity index (χ3n) is 1.27. The van der Waals surface area contributed by atoms with Crippen LogP contribution in [0.15, 0.2) is 5.38 Å². The lowest BCUT2D eigenvalue weighted by Crippen LogP contribution is -1.98. The Morgan fingerprint density at radius 3 is 3.09 bits per heavy atom. The van der Waals surface area contributed by atoms with Gasteiger partial charge in [-0.15, -0.1) is 11.3 Å². The van der Waals surface area contributed by atoms with Gasteiger partial charge < -0.3 is 10.5 Å². The predicted molar refractivity (Wildman–Crippen MR) is 54.9 cm³/mol. The molecule has 2 N–H and O–H groups in total. The van der Waals surface area contributed by atoms with Crippen LogP contribution in [0.25, 0.3) is 0 Å². The lowest BCUT2D eigenvalue weighted by Gasteiger charge is -2.06. The van der Waals surface area contributed by atoms with E-state index in [9.17, 15) is 0 Å². The Hall–Kier alpha value is 0.120. The highest BCUT2D eigenvalue weighted by molar-refractivity contribution is 14.1. The first-order valence-electron chi connectivity index (χ1n) is 3.12. The Morgan fingerprint density at radius 2 is 2.64 bits per heavy atom. The second-order valence-electron chi connectivity index (χ2n) is 2.03. The smallest absolute Gasteiger partial charge is 0.180 e. The van der Waals surface area contributed by atoms with Crippen LogP contribution in [0.1, 0.15) is 18.7 Å². The van der Waals surface area contributed by atoms with Gasteiger partial charge in [0.1, 0.15) is 0 Å². The molecule has 62 valence electrons. The number of hydrogen-bond acceptors (Lipinski definition) is 4. The van der Waals surface area contributed by atoms with Crippen LogP contribution in [-0.2, 0) is 4.74 Å². The Labute approximate surface area is 83.1 Å². The third kappa shape index (κ3) is 2.57. The topological polar surface area (TPSA) is 48.1 Å². The molecule has 0 fully saturated rings. The molecule has 1 rings (SSSR count). The van der Waals surface area contributed by atoms with Gasteiger partial charge in [0, 0.05) is 5.38 Å². The first kappa shape index (κ1) is 9.21. The molecule has 5 heteroatoms. The molecule has 3 nitrogen and oxygen atoms in total. The summed E-state index contributed by atoms with van der Waals surface area (Å²) in [6.45, 7) is 1.97. The van der Waals surface area contributed by atoms with Gasteiger partial charge in [-0.2, -0.15) is 0 Å². The number of rotatable bonds is 3. The number of halogens is 1. The molecule has 0 radical (unpaired) electrons. The number of aromatic nitrogens is 1. The number of anilines is 1. The molecule has 0 saturated carbocycles. The summed E-state index contributed by atoms with van der Waals surface area (Å²) in [4.78, 5) is 4.10. The Balaban J connectivity index is 2.60. The average Bonchev–Trinajstić information content (AvgIpc) is 2.36. The summed E-state index contributed by atoms with van der Waals surface area (Å²) >= 11 is 3.60. The quantitative estimate of drug-likeness (QED) is 0.683. The second-order valence-corrected chi connectivity index (χ2v) is 3.54. The van der Waals surface area contributed by atoms with Crippen LogP contribution in [0.3, 0.4) is 0 Å². The molecule has 0 bridgehead atoms. The minimum Gasteiger partial charge on any atom is -0.375 e. The number of nitrogens with zero attached hydrogens (tertiary/aromatic N) is 1. The van der Waals surface area contributed by atoms with E-state index in [1.165, 1.54) is 11.3 Å². The van der Waals surface area contributed by atoms with E-state index < -0.39 is 0 Å². The van der Waals surface area contributed by atoms with Crippen molar-refractivity contribution in [2.45, 2.75) is 13.0 Å².